The molecule has 2 atom stereocenters. The Morgan fingerprint density at radius 1 is 1.62 bits per heavy atom. The topological polar surface area (TPSA) is 66.0 Å². The fourth-order valence-electron chi connectivity index (χ4n) is 1.99. The van der Waals surface area contributed by atoms with E-state index in [1.807, 2.05) is 0 Å². The van der Waals surface area contributed by atoms with E-state index in [0.717, 1.165) is 19.3 Å². The summed E-state index contributed by atoms with van der Waals surface area (Å²) in [4.78, 5) is 11.8. The zero-order valence-corrected chi connectivity index (χ0v) is 9.33. The van der Waals surface area contributed by atoms with Gasteiger partial charge in [-0.3, -0.25) is 4.79 Å². The Balaban J connectivity index is 2.03. The monoisotopic (exact) mass is 238 g/mol. The van der Waals surface area contributed by atoms with Crippen molar-refractivity contribution in [2.24, 2.45) is 5.92 Å². The number of nitriles is 1. The lowest BCUT2D eigenvalue weighted by molar-refractivity contribution is 0.0932. The lowest BCUT2D eigenvalue weighted by Gasteiger charge is -2.14. The summed E-state index contributed by atoms with van der Waals surface area (Å²) in [5, 5.41) is 11.8. The molecule has 0 aromatic carbocycles. The molecule has 84 valence electrons. The molecule has 2 unspecified atom stereocenters. The first-order valence-electron chi connectivity index (χ1n) is 5.16. The maximum absolute atomic E-state index is 11.8. The molecule has 1 N–H and O–H groups in total. The minimum absolute atomic E-state index is 0.0662. The van der Waals surface area contributed by atoms with Gasteiger partial charge in [-0.05, 0) is 36.9 Å². The van der Waals surface area contributed by atoms with Crippen molar-refractivity contribution in [3.63, 3.8) is 0 Å². The van der Waals surface area contributed by atoms with Crippen molar-refractivity contribution in [1.29, 1.82) is 5.26 Å². The molecule has 1 heterocycles. The molecule has 1 saturated carbocycles. The second-order valence-electron chi connectivity index (χ2n) is 3.85. The van der Waals surface area contributed by atoms with E-state index < -0.39 is 0 Å². The van der Waals surface area contributed by atoms with E-state index in [9.17, 15) is 4.79 Å². The van der Waals surface area contributed by atoms with Gasteiger partial charge in [0.2, 0.25) is 5.22 Å². The fourth-order valence-corrected chi connectivity index (χ4v) is 2.19. The third kappa shape index (κ3) is 2.05. The minimum atomic E-state index is -0.272. The molecule has 4 nitrogen and oxygen atoms in total. The van der Waals surface area contributed by atoms with E-state index in [-0.39, 0.29) is 23.1 Å². The number of carbonyl (C=O) groups is 1. The Hall–Kier alpha value is -1.47. The molecule has 0 radical (unpaired) electrons. The summed E-state index contributed by atoms with van der Waals surface area (Å²) in [5.41, 5.74) is 0.324. The Labute approximate surface area is 98.2 Å². The summed E-state index contributed by atoms with van der Waals surface area (Å²) in [5.74, 6) is -0.361. The summed E-state index contributed by atoms with van der Waals surface area (Å²) in [6.07, 6.45) is 4.04. The summed E-state index contributed by atoms with van der Waals surface area (Å²) >= 11 is 5.70. The van der Waals surface area contributed by atoms with Crippen molar-refractivity contribution < 1.29 is 9.21 Å². The minimum Gasteiger partial charge on any atom is -0.452 e. The second-order valence-corrected chi connectivity index (χ2v) is 4.20. The predicted octanol–water partition coefficient (Wildman–Crippen LogP) is 2.36. The molecule has 1 amide bonds. The molecule has 1 aromatic rings. The smallest absolute Gasteiger partial charge is 0.256 e. The van der Waals surface area contributed by atoms with Crippen molar-refractivity contribution in [1.82, 2.24) is 5.32 Å². The average Bonchev–Trinajstić information content (AvgIpc) is 2.86. The number of furan rings is 1. The largest absolute Gasteiger partial charge is 0.452 e. The van der Waals surface area contributed by atoms with Gasteiger partial charge in [0.05, 0.1) is 23.8 Å². The quantitative estimate of drug-likeness (QED) is 0.860. The number of carbonyl (C=O) groups excluding carboxylic acids is 1. The van der Waals surface area contributed by atoms with E-state index in [0.29, 0.717) is 5.56 Å². The van der Waals surface area contributed by atoms with E-state index in [1.165, 1.54) is 12.3 Å². The van der Waals surface area contributed by atoms with Gasteiger partial charge >= 0.3 is 0 Å². The van der Waals surface area contributed by atoms with Crippen LogP contribution in [-0.2, 0) is 0 Å². The number of rotatable bonds is 2. The molecule has 16 heavy (non-hydrogen) atoms. The van der Waals surface area contributed by atoms with Crippen molar-refractivity contribution in [2.45, 2.75) is 25.3 Å². The van der Waals surface area contributed by atoms with Gasteiger partial charge in [0.25, 0.3) is 5.91 Å². The van der Waals surface area contributed by atoms with Crippen molar-refractivity contribution in [2.75, 3.05) is 0 Å². The Bertz CT molecular complexity index is 435. The van der Waals surface area contributed by atoms with Crippen LogP contribution in [0, 0.1) is 17.2 Å². The van der Waals surface area contributed by atoms with E-state index in [2.05, 4.69) is 11.4 Å². The Morgan fingerprint density at radius 2 is 2.44 bits per heavy atom. The van der Waals surface area contributed by atoms with Crippen molar-refractivity contribution in [3.05, 3.63) is 23.1 Å². The molecule has 1 fully saturated rings. The van der Waals surface area contributed by atoms with Gasteiger partial charge in [-0.2, -0.15) is 5.26 Å². The normalized spacial score (nSPS) is 24.0. The van der Waals surface area contributed by atoms with E-state index in [1.54, 1.807) is 0 Å². The molecule has 1 aliphatic carbocycles. The van der Waals surface area contributed by atoms with Gasteiger partial charge in [-0.15, -0.1) is 0 Å². The van der Waals surface area contributed by atoms with Crippen LogP contribution in [-0.4, -0.2) is 11.9 Å². The first kappa shape index (κ1) is 11.0. The number of halogens is 1. The lowest BCUT2D eigenvalue weighted by Crippen LogP contribution is -2.36. The number of amides is 1. The van der Waals surface area contributed by atoms with Crippen LogP contribution in [0.4, 0.5) is 0 Å². The van der Waals surface area contributed by atoms with Gasteiger partial charge in [0, 0.05) is 6.04 Å². The van der Waals surface area contributed by atoms with Crippen LogP contribution in [0.25, 0.3) is 0 Å². The van der Waals surface area contributed by atoms with Crippen LogP contribution in [0.15, 0.2) is 16.7 Å². The number of nitrogens with zero attached hydrogens (tertiary/aromatic N) is 1. The third-order valence-electron chi connectivity index (χ3n) is 2.86. The maximum atomic E-state index is 11.8. The zero-order chi connectivity index (χ0) is 11.5. The fraction of sp³-hybridized carbons (Fsp3) is 0.455. The highest BCUT2D eigenvalue weighted by Crippen LogP contribution is 2.25. The highest BCUT2D eigenvalue weighted by atomic mass is 35.5. The highest BCUT2D eigenvalue weighted by molar-refractivity contribution is 6.32. The predicted molar refractivity (Wildman–Crippen MR) is 57.9 cm³/mol. The van der Waals surface area contributed by atoms with E-state index >= 15 is 0 Å². The van der Waals surface area contributed by atoms with Crippen molar-refractivity contribution >= 4 is 17.5 Å². The summed E-state index contributed by atoms with van der Waals surface area (Å²) in [7, 11) is 0. The van der Waals surface area contributed by atoms with Gasteiger partial charge in [-0.1, -0.05) is 0 Å². The molecule has 1 aromatic heterocycles. The van der Waals surface area contributed by atoms with Crippen molar-refractivity contribution in [3.8, 4) is 6.07 Å². The summed E-state index contributed by atoms with van der Waals surface area (Å²) in [6, 6.07) is 3.66. The maximum Gasteiger partial charge on any atom is 0.256 e. The summed E-state index contributed by atoms with van der Waals surface area (Å²) < 4.78 is 4.84. The van der Waals surface area contributed by atoms with Gasteiger partial charge in [0.1, 0.15) is 0 Å². The number of nitrogens with one attached hydrogen (secondary N) is 1. The first-order chi connectivity index (χ1) is 7.72. The second kappa shape index (κ2) is 4.58. The van der Waals surface area contributed by atoms with Crippen LogP contribution < -0.4 is 5.32 Å². The van der Waals surface area contributed by atoms with Gasteiger partial charge in [0.15, 0.2) is 0 Å². The van der Waals surface area contributed by atoms with Crippen LogP contribution in [0.5, 0.6) is 0 Å². The highest BCUT2D eigenvalue weighted by Gasteiger charge is 2.29. The molecule has 2 rings (SSSR count). The zero-order valence-electron chi connectivity index (χ0n) is 8.57. The SMILES string of the molecule is N#CC1CCCC1NC(=O)c1ccoc1Cl. The van der Waals surface area contributed by atoms with Crippen LogP contribution in [0.1, 0.15) is 29.6 Å². The third-order valence-corrected chi connectivity index (χ3v) is 3.15. The molecule has 0 aliphatic heterocycles. The Morgan fingerprint density at radius 3 is 3.06 bits per heavy atom. The molecule has 0 spiro atoms. The average molecular weight is 239 g/mol. The number of hydrogen-bond acceptors (Lipinski definition) is 3. The molecule has 0 bridgehead atoms. The van der Waals surface area contributed by atoms with Crippen LogP contribution in [0.2, 0.25) is 5.22 Å². The molecule has 5 heteroatoms. The standard InChI is InChI=1S/C11H11ClN2O2/c12-10-8(4-5-16-10)11(15)14-9-3-1-2-7(9)6-13/h4-5,7,9H,1-3H2,(H,14,15). The molecule has 1 aliphatic rings. The van der Waals surface area contributed by atoms with Crippen LogP contribution in [0.3, 0.4) is 0 Å². The van der Waals surface area contributed by atoms with Gasteiger partial charge < -0.3 is 9.73 Å². The van der Waals surface area contributed by atoms with Crippen LogP contribution >= 0.6 is 11.6 Å². The molecular weight excluding hydrogens is 228 g/mol. The summed E-state index contributed by atoms with van der Waals surface area (Å²) in [6.45, 7) is 0. The van der Waals surface area contributed by atoms with Gasteiger partial charge in [-0.25, -0.2) is 0 Å². The Kier molecular flexibility index (Phi) is 3.16. The first-order valence-corrected chi connectivity index (χ1v) is 5.53. The molecule has 0 saturated heterocycles. The lowest BCUT2D eigenvalue weighted by atomic mass is 10.1. The van der Waals surface area contributed by atoms with E-state index in [4.69, 9.17) is 21.3 Å². The number of hydrogen-bond donors (Lipinski definition) is 1. The molecular formula is C11H11ClN2O2.